The van der Waals surface area contributed by atoms with E-state index in [0.717, 1.165) is 0 Å². The summed E-state index contributed by atoms with van der Waals surface area (Å²) in [6, 6.07) is 8.07. The third kappa shape index (κ3) is 8.73. The number of carbonyl (C=O) groups excluding carboxylic acids is 5. The van der Waals surface area contributed by atoms with Crippen molar-refractivity contribution in [2.45, 2.75) is 88.3 Å². The summed E-state index contributed by atoms with van der Waals surface area (Å²) in [5, 5.41) is 45.0. The Morgan fingerprint density at radius 3 is 2.00 bits per heavy atom. The van der Waals surface area contributed by atoms with Gasteiger partial charge in [0.05, 0.1) is 27.9 Å². The lowest BCUT2D eigenvalue weighted by molar-refractivity contribution is -0.385. The fraction of sp³-hybridized carbons (Fsp3) is 0.500. The Balaban J connectivity index is 1.00. The van der Waals surface area contributed by atoms with Crippen LogP contribution < -0.4 is 5.32 Å². The second-order valence-electron chi connectivity index (χ2n) is 16.0. The Kier molecular flexibility index (Phi) is 12.7. The van der Waals surface area contributed by atoms with E-state index < -0.39 is 93.1 Å². The largest absolute Gasteiger partial charge is 0.477 e. The molecular formula is C40H45N7O14S. The van der Waals surface area contributed by atoms with Gasteiger partial charge >= 0.3 is 18.2 Å². The molecule has 22 heteroatoms. The zero-order chi connectivity index (χ0) is 44.6. The summed E-state index contributed by atoms with van der Waals surface area (Å²) in [7, 11) is 0. The van der Waals surface area contributed by atoms with Crippen LogP contribution in [0.15, 0.2) is 59.1 Å². The fourth-order valence-electron chi connectivity index (χ4n) is 8.90. The number of hydrogen-bond donors (Lipinski definition) is 3. The minimum atomic E-state index is -1.31. The molecule has 0 aliphatic carbocycles. The summed E-state index contributed by atoms with van der Waals surface area (Å²) in [6.07, 6.45) is -1.12. The number of aliphatic carboxylic acids is 1. The Labute approximate surface area is 358 Å². The summed E-state index contributed by atoms with van der Waals surface area (Å²) in [5.74, 6) is -3.86. The number of benzene rings is 2. The molecule has 2 aromatic carbocycles. The maximum absolute atomic E-state index is 14.3. The van der Waals surface area contributed by atoms with Gasteiger partial charge in [-0.05, 0) is 68.0 Å². The van der Waals surface area contributed by atoms with Crippen molar-refractivity contribution in [2.75, 3.05) is 26.2 Å². The van der Waals surface area contributed by atoms with Crippen molar-refractivity contribution in [1.29, 1.82) is 0 Å². The molecule has 0 aromatic heterocycles. The van der Waals surface area contributed by atoms with E-state index in [1.807, 2.05) is 0 Å². The SMILES string of the molecule is C[C@@H](O)[C@H]1C(=O)N2C(C(=O)O)=C(S[C@H]3C[C@@H](C(=O)N4CC[C@H](NC(=O)[C@@H]5CCCN5C(=O)OCc5ccc([N+](=O)[O-])cc5)C4)N(C(=O)OCc4ccc([N+](=O)[O-])cc4)C3)[C@H](C)[C@H]12. The van der Waals surface area contributed by atoms with Gasteiger partial charge in [-0.25, -0.2) is 14.4 Å². The normalized spacial score (nSPS) is 25.9. The third-order valence-corrected chi connectivity index (χ3v) is 13.5. The first-order valence-corrected chi connectivity index (χ1v) is 21.0. The standard InChI is InChI=1S/C40H45N7O14S/c1-21-32-31(22(2)48)37(51)45(32)33(38(52)53)34(21)62-28-16-30(44(18-28)40(55)61-20-24-7-11-27(12-8-24)47(58)59)36(50)42-15-13-25(17-42)41-35(49)29-4-3-14-43(29)39(54)60-19-23-5-9-26(10-6-23)46(56)57/h5-12,21-22,25,28-32,48H,3-4,13-20H2,1-2H3,(H,41,49)(H,52,53)/t21-,22-,25+,28+,29+,30+,31-,32-/m1/s1. The maximum atomic E-state index is 14.3. The molecule has 5 aliphatic rings. The van der Waals surface area contributed by atoms with Gasteiger partial charge in [0.1, 0.15) is 31.0 Å². The summed E-state index contributed by atoms with van der Waals surface area (Å²) >= 11 is 1.17. The highest BCUT2D eigenvalue weighted by molar-refractivity contribution is 8.03. The molecule has 5 amide bonds. The van der Waals surface area contributed by atoms with Crippen LogP contribution in [0, 0.1) is 32.1 Å². The van der Waals surface area contributed by atoms with Crippen molar-refractivity contribution >= 4 is 59.0 Å². The van der Waals surface area contributed by atoms with E-state index in [1.165, 1.54) is 86.8 Å². The summed E-state index contributed by atoms with van der Waals surface area (Å²) in [6.45, 7) is 3.46. The third-order valence-electron chi connectivity index (χ3n) is 12.0. The van der Waals surface area contributed by atoms with Crippen molar-refractivity contribution in [3.05, 3.63) is 90.5 Å². The molecule has 0 spiro atoms. The number of nitro benzene ring substituents is 2. The first kappa shape index (κ1) is 43.8. The summed E-state index contributed by atoms with van der Waals surface area (Å²) < 4.78 is 11.0. The second kappa shape index (κ2) is 18.0. The first-order chi connectivity index (χ1) is 29.5. The molecule has 21 nitrogen and oxygen atoms in total. The molecule has 0 unspecified atom stereocenters. The molecule has 2 aromatic rings. The van der Waals surface area contributed by atoms with Gasteiger partial charge in [0.25, 0.3) is 11.4 Å². The van der Waals surface area contributed by atoms with Crippen LogP contribution in [0.4, 0.5) is 21.0 Å². The van der Waals surface area contributed by atoms with E-state index in [-0.39, 0.29) is 62.9 Å². The van der Waals surface area contributed by atoms with Crippen molar-refractivity contribution < 1.29 is 58.3 Å². The Morgan fingerprint density at radius 2 is 1.45 bits per heavy atom. The Hall–Kier alpha value is -6.29. The van der Waals surface area contributed by atoms with Crippen molar-refractivity contribution in [2.24, 2.45) is 11.8 Å². The highest BCUT2D eigenvalue weighted by Crippen LogP contribution is 2.52. The molecule has 4 saturated heterocycles. The zero-order valence-electron chi connectivity index (χ0n) is 33.7. The molecule has 7 rings (SSSR count). The van der Waals surface area contributed by atoms with Crippen molar-refractivity contribution in [1.82, 2.24) is 24.9 Å². The number of carboxylic acid groups (broad SMARTS) is 1. The Bertz CT molecular complexity index is 2190. The number of β-lactam (4-membered cyclic amide) rings is 1. The van der Waals surface area contributed by atoms with Crippen molar-refractivity contribution in [3.63, 3.8) is 0 Å². The number of nitrogens with one attached hydrogen (secondary N) is 1. The molecule has 0 radical (unpaired) electrons. The van der Waals surface area contributed by atoms with Gasteiger partial charge in [-0.2, -0.15) is 0 Å². The van der Waals surface area contributed by atoms with Crippen LogP contribution in [0.3, 0.4) is 0 Å². The number of carbonyl (C=O) groups is 6. The van der Waals surface area contributed by atoms with Gasteiger partial charge in [-0.15, -0.1) is 11.8 Å². The van der Waals surface area contributed by atoms with Crippen LogP contribution in [-0.4, -0.2) is 137 Å². The molecule has 8 atom stereocenters. The smallest absolute Gasteiger partial charge is 0.410 e. The van der Waals surface area contributed by atoms with Crippen LogP contribution in [0.5, 0.6) is 0 Å². The predicted octanol–water partition coefficient (Wildman–Crippen LogP) is 2.99. The van der Waals surface area contributed by atoms with Crippen LogP contribution in [0.25, 0.3) is 0 Å². The van der Waals surface area contributed by atoms with Crippen LogP contribution in [0.2, 0.25) is 0 Å². The minimum absolute atomic E-state index is 0.0203. The van der Waals surface area contributed by atoms with Gasteiger partial charge in [-0.3, -0.25) is 44.4 Å². The van der Waals surface area contributed by atoms with E-state index in [0.29, 0.717) is 35.3 Å². The average molecular weight is 880 g/mol. The lowest BCUT2D eigenvalue weighted by Gasteiger charge is -2.46. The predicted molar refractivity (Wildman–Crippen MR) is 216 cm³/mol. The van der Waals surface area contributed by atoms with E-state index in [4.69, 9.17) is 9.47 Å². The second-order valence-corrected chi connectivity index (χ2v) is 17.3. The monoisotopic (exact) mass is 879 g/mol. The summed E-state index contributed by atoms with van der Waals surface area (Å²) in [5.41, 5.74) is 0.560. The number of likely N-dealkylation sites (tertiary alicyclic amines) is 3. The number of ether oxygens (including phenoxy) is 2. The van der Waals surface area contributed by atoms with Crippen LogP contribution in [-0.2, 0) is 41.9 Å². The maximum Gasteiger partial charge on any atom is 0.410 e. The molecule has 0 bridgehead atoms. The van der Waals surface area contributed by atoms with Gasteiger partial charge in [0.15, 0.2) is 0 Å². The number of rotatable bonds is 13. The number of carboxylic acids is 1. The number of thioether (sulfide) groups is 1. The van der Waals surface area contributed by atoms with E-state index in [1.54, 1.807) is 6.92 Å². The highest BCUT2D eigenvalue weighted by Gasteiger charge is 2.60. The molecule has 3 N–H and O–H groups in total. The topological polar surface area (TPSA) is 273 Å². The van der Waals surface area contributed by atoms with Gasteiger partial charge in [-0.1, -0.05) is 6.92 Å². The number of fused-ring (bicyclic) bond motifs is 1. The number of hydrogen-bond acceptors (Lipinski definition) is 14. The van der Waals surface area contributed by atoms with E-state index in [2.05, 4.69) is 5.32 Å². The molecule has 330 valence electrons. The molecule has 4 fully saturated rings. The number of non-ortho nitro benzene ring substituents is 2. The van der Waals surface area contributed by atoms with Gasteiger partial charge in [0.2, 0.25) is 17.7 Å². The minimum Gasteiger partial charge on any atom is -0.477 e. The van der Waals surface area contributed by atoms with Gasteiger partial charge < -0.3 is 34.8 Å². The molecule has 5 aliphatic heterocycles. The number of aliphatic hydroxyl groups excluding tert-OH is 1. The van der Waals surface area contributed by atoms with Crippen LogP contribution >= 0.6 is 11.8 Å². The number of amides is 5. The van der Waals surface area contributed by atoms with E-state index in [9.17, 15) is 59.2 Å². The quantitative estimate of drug-likeness (QED) is 0.148. The molecule has 5 heterocycles. The number of nitro groups is 2. The first-order valence-electron chi connectivity index (χ1n) is 20.1. The fourth-order valence-corrected chi connectivity index (χ4v) is 10.4. The summed E-state index contributed by atoms with van der Waals surface area (Å²) in [4.78, 5) is 107. The highest BCUT2D eigenvalue weighted by atomic mass is 32.2. The van der Waals surface area contributed by atoms with Crippen LogP contribution in [0.1, 0.15) is 50.7 Å². The number of nitrogens with zero attached hydrogens (tertiary/aromatic N) is 6. The molecule has 62 heavy (non-hydrogen) atoms. The lowest BCUT2D eigenvalue weighted by atomic mass is 9.79. The number of aliphatic hydroxyl groups is 1. The molecular weight excluding hydrogens is 835 g/mol. The van der Waals surface area contributed by atoms with Gasteiger partial charge in [0, 0.05) is 72.6 Å². The van der Waals surface area contributed by atoms with E-state index >= 15 is 0 Å². The average Bonchev–Trinajstić information content (AvgIpc) is 4.05. The lowest BCUT2D eigenvalue weighted by Crippen LogP contribution is -2.63. The van der Waals surface area contributed by atoms with Crippen molar-refractivity contribution in [3.8, 4) is 0 Å². The Morgan fingerprint density at radius 1 is 0.871 bits per heavy atom. The zero-order valence-corrected chi connectivity index (χ0v) is 34.5. The molecule has 0 saturated carbocycles.